The Labute approximate surface area is 143 Å². The van der Waals surface area contributed by atoms with Crippen molar-refractivity contribution in [2.45, 2.75) is 25.8 Å². The van der Waals surface area contributed by atoms with Crippen LogP contribution in [0.15, 0.2) is 28.9 Å². The van der Waals surface area contributed by atoms with Gasteiger partial charge in [0.15, 0.2) is 5.13 Å². The number of anilines is 1. The number of furan rings is 1. The van der Waals surface area contributed by atoms with Gasteiger partial charge in [-0.2, -0.15) is 0 Å². The van der Waals surface area contributed by atoms with Crippen LogP contribution in [0.3, 0.4) is 0 Å². The first-order valence-electron chi connectivity index (χ1n) is 7.99. The molecule has 0 bridgehead atoms. The fourth-order valence-corrected chi connectivity index (χ4v) is 3.66. The van der Waals surface area contributed by atoms with Gasteiger partial charge in [-0.25, -0.2) is 4.98 Å². The van der Waals surface area contributed by atoms with Gasteiger partial charge in [0.25, 0.3) is 0 Å². The van der Waals surface area contributed by atoms with Crippen LogP contribution in [-0.4, -0.2) is 28.2 Å². The van der Waals surface area contributed by atoms with Crippen molar-refractivity contribution in [2.75, 3.05) is 11.9 Å². The van der Waals surface area contributed by atoms with Crippen molar-refractivity contribution in [2.24, 2.45) is 5.92 Å². The summed E-state index contributed by atoms with van der Waals surface area (Å²) in [6.07, 6.45) is 7.44. The fraction of sp³-hybridized carbons (Fsp3) is 0.353. The highest BCUT2D eigenvalue weighted by atomic mass is 32.1. The molecule has 24 heavy (non-hydrogen) atoms. The predicted molar refractivity (Wildman–Crippen MR) is 90.3 cm³/mol. The molecule has 3 heterocycles. The van der Waals surface area contributed by atoms with Crippen molar-refractivity contribution in [3.05, 3.63) is 40.8 Å². The lowest BCUT2D eigenvalue weighted by molar-refractivity contribution is -0.126. The molecule has 0 atom stereocenters. The van der Waals surface area contributed by atoms with Crippen LogP contribution in [0.2, 0.25) is 0 Å². The molecule has 2 aromatic heterocycles. The number of hydrogen-bond donors (Lipinski definition) is 1. The zero-order chi connectivity index (χ0) is 16.5. The van der Waals surface area contributed by atoms with Crippen LogP contribution in [0.25, 0.3) is 6.08 Å². The number of hydrogen-bond acceptors (Lipinski definition) is 5. The molecule has 2 amide bonds. The molecular weight excluding hydrogens is 326 g/mol. The molecule has 1 aliphatic carbocycles. The van der Waals surface area contributed by atoms with E-state index in [0.29, 0.717) is 30.4 Å². The molecule has 6 nitrogen and oxygen atoms in total. The van der Waals surface area contributed by atoms with Crippen molar-refractivity contribution in [3.63, 3.8) is 0 Å². The van der Waals surface area contributed by atoms with Gasteiger partial charge in [0.2, 0.25) is 11.8 Å². The molecule has 0 spiro atoms. The van der Waals surface area contributed by atoms with E-state index in [1.807, 2.05) is 0 Å². The zero-order valence-electron chi connectivity index (χ0n) is 13.0. The number of nitrogens with zero attached hydrogens (tertiary/aromatic N) is 2. The van der Waals surface area contributed by atoms with E-state index in [0.717, 1.165) is 23.4 Å². The molecule has 4 rings (SSSR count). The normalized spacial score (nSPS) is 17.1. The summed E-state index contributed by atoms with van der Waals surface area (Å²) < 4.78 is 5.19. The van der Waals surface area contributed by atoms with E-state index in [9.17, 15) is 9.59 Å². The molecule has 1 aliphatic heterocycles. The van der Waals surface area contributed by atoms with E-state index in [2.05, 4.69) is 10.3 Å². The lowest BCUT2D eigenvalue weighted by Crippen LogP contribution is -2.34. The molecule has 2 aromatic rings. The first-order valence-corrected chi connectivity index (χ1v) is 8.80. The third-order valence-electron chi connectivity index (χ3n) is 4.15. The summed E-state index contributed by atoms with van der Waals surface area (Å²) in [4.78, 5) is 31.5. The standard InChI is InChI=1S/C17H17N3O3S/c21-15(6-5-12-2-1-9-23-12)20-8-7-13-14(10-20)24-17(18-13)19-16(22)11-3-4-11/h1-2,5-6,9,11H,3-4,7-8,10H2,(H,18,19,22)/b6-5+. The SMILES string of the molecule is O=C(Nc1nc2c(s1)CN(C(=O)/C=C/c1ccco1)CC2)C1CC1. The summed E-state index contributed by atoms with van der Waals surface area (Å²) in [5, 5.41) is 3.54. The van der Waals surface area contributed by atoms with Gasteiger partial charge in [0.05, 0.1) is 18.5 Å². The highest BCUT2D eigenvalue weighted by Crippen LogP contribution is 2.33. The van der Waals surface area contributed by atoms with Crippen LogP contribution in [0, 0.1) is 5.92 Å². The van der Waals surface area contributed by atoms with Gasteiger partial charge in [0, 0.05) is 29.8 Å². The maximum Gasteiger partial charge on any atom is 0.247 e. The Morgan fingerprint density at radius 1 is 1.42 bits per heavy atom. The first kappa shape index (κ1) is 15.1. The Bertz CT molecular complexity index is 790. The molecule has 1 saturated carbocycles. The van der Waals surface area contributed by atoms with Crippen molar-refractivity contribution in [1.82, 2.24) is 9.88 Å². The van der Waals surface area contributed by atoms with Crippen molar-refractivity contribution in [3.8, 4) is 0 Å². The summed E-state index contributed by atoms with van der Waals surface area (Å²) in [7, 11) is 0. The summed E-state index contributed by atoms with van der Waals surface area (Å²) in [5.41, 5.74) is 0.991. The zero-order valence-corrected chi connectivity index (χ0v) is 13.8. The van der Waals surface area contributed by atoms with Crippen LogP contribution in [-0.2, 0) is 22.6 Å². The maximum absolute atomic E-state index is 12.3. The number of aromatic nitrogens is 1. The van der Waals surface area contributed by atoms with Gasteiger partial charge in [-0.05, 0) is 31.1 Å². The first-order chi connectivity index (χ1) is 11.7. The number of rotatable bonds is 4. The van der Waals surface area contributed by atoms with Gasteiger partial charge >= 0.3 is 0 Å². The summed E-state index contributed by atoms with van der Waals surface area (Å²) in [5.74, 6) is 0.837. The fourth-order valence-electron chi connectivity index (χ4n) is 2.63. The Balaban J connectivity index is 1.40. The maximum atomic E-state index is 12.3. The van der Waals surface area contributed by atoms with Crippen LogP contribution in [0.4, 0.5) is 5.13 Å². The average Bonchev–Trinajstić information content (AvgIpc) is 3.16. The van der Waals surface area contributed by atoms with Gasteiger partial charge in [-0.3, -0.25) is 9.59 Å². The van der Waals surface area contributed by atoms with E-state index in [4.69, 9.17) is 4.42 Å². The number of fused-ring (bicyclic) bond motifs is 1. The monoisotopic (exact) mass is 343 g/mol. The Hall–Kier alpha value is -2.41. The third kappa shape index (κ3) is 3.26. The second-order valence-corrected chi connectivity index (χ2v) is 7.09. The highest BCUT2D eigenvalue weighted by molar-refractivity contribution is 7.15. The largest absolute Gasteiger partial charge is 0.465 e. The lowest BCUT2D eigenvalue weighted by atomic mass is 10.2. The van der Waals surface area contributed by atoms with E-state index in [1.165, 1.54) is 17.4 Å². The molecule has 1 N–H and O–H groups in total. The molecule has 0 radical (unpaired) electrons. The molecule has 0 aromatic carbocycles. The summed E-state index contributed by atoms with van der Waals surface area (Å²) >= 11 is 1.47. The van der Waals surface area contributed by atoms with E-state index in [1.54, 1.807) is 29.4 Å². The molecule has 0 saturated heterocycles. The van der Waals surface area contributed by atoms with E-state index < -0.39 is 0 Å². The predicted octanol–water partition coefficient (Wildman–Crippen LogP) is 2.68. The lowest BCUT2D eigenvalue weighted by Gasteiger charge is -2.24. The topological polar surface area (TPSA) is 75.4 Å². The molecule has 0 unspecified atom stereocenters. The number of amides is 2. The highest BCUT2D eigenvalue weighted by Gasteiger charge is 2.31. The summed E-state index contributed by atoms with van der Waals surface area (Å²) in [6.45, 7) is 1.17. The Morgan fingerprint density at radius 3 is 3.04 bits per heavy atom. The molecule has 2 aliphatic rings. The quantitative estimate of drug-likeness (QED) is 0.866. The minimum absolute atomic E-state index is 0.0472. The van der Waals surface area contributed by atoms with Crippen molar-refractivity contribution < 1.29 is 14.0 Å². The van der Waals surface area contributed by atoms with Crippen molar-refractivity contribution >= 4 is 34.4 Å². The number of thiazole rings is 1. The third-order valence-corrected chi connectivity index (χ3v) is 5.15. The van der Waals surface area contributed by atoms with Gasteiger partial charge in [-0.15, -0.1) is 0 Å². The van der Waals surface area contributed by atoms with Crippen LogP contribution in [0.5, 0.6) is 0 Å². The minimum atomic E-state index is -0.0472. The average molecular weight is 343 g/mol. The Morgan fingerprint density at radius 2 is 2.29 bits per heavy atom. The number of carbonyl (C=O) groups excluding carboxylic acids is 2. The number of nitrogens with one attached hydrogen (secondary N) is 1. The van der Waals surface area contributed by atoms with Gasteiger partial charge < -0.3 is 14.6 Å². The van der Waals surface area contributed by atoms with Gasteiger partial charge in [-0.1, -0.05) is 11.3 Å². The smallest absolute Gasteiger partial charge is 0.247 e. The Kier molecular flexibility index (Phi) is 3.93. The van der Waals surface area contributed by atoms with Gasteiger partial charge in [0.1, 0.15) is 5.76 Å². The van der Waals surface area contributed by atoms with E-state index in [-0.39, 0.29) is 17.7 Å². The molecule has 124 valence electrons. The molecule has 7 heteroatoms. The van der Waals surface area contributed by atoms with Crippen molar-refractivity contribution in [1.29, 1.82) is 0 Å². The van der Waals surface area contributed by atoms with Crippen LogP contribution in [0.1, 0.15) is 29.2 Å². The summed E-state index contributed by atoms with van der Waals surface area (Å²) in [6, 6.07) is 3.59. The number of carbonyl (C=O) groups is 2. The van der Waals surface area contributed by atoms with Crippen LogP contribution >= 0.6 is 11.3 Å². The minimum Gasteiger partial charge on any atom is -0.465 e. The molecule has 1 fully saturated rings. The second-order valence-electron chi connectivity index (χ2n) is 6.01. The van der Waals surface area contributed by atoms with Crippen LogP contribution < -0.4 is 5.32 Å². The second kappa shape index (κ2) is 6.24. The van der Waals surface area contributed by atoms with E-state index >= 15 is 0 Å². The molecular formula is C17H17N3O3S.